The minimum absolute atomic E-state index is 0.184. The molecule has 0 spiro atoms. The zero-order chi connectivity index (χ0) is 12.0. The molecule has 3 N–H and O–H groups in total. The minimum atomic E-state index is 0.184. The largest absolute Gasteiger partial charge is 0.368 e. The first-order valence-corrected chi connectivity index (χ1v) is 6.58. The van der Waals surface area contributed by atoms with Crippen LogP contribution in [-0.2, 0) is 0 Å². The van der Waals surface area contributed by atoms with Crippen molar-refractivity contribution in [3.8, 4) is 0 Å². The van der Waals surface area contributed by atoms with Crippen molar-refractivity contribution in [1.82, 2.24) is 4.98 Å². The summed E-state index contributed by atoms with van der Waals surface area (Å²) in [7, 11) is 0. The zero-order valence-corrected chi connectivity index (χ0v) is 11.5. The Morgan fingerprint density at radius 3 is 2.69 bits per heavy atom. The summed E-state index contributed by atoms with van der Waals surface area (Å²) in [4.78, 5) is 4.25. The molecule has 0 saturated carbocycles. The van der Waals surface area contributed by atoms with Gasteiger partial charge in [-0.2, -0.15) is 0 Å². The fourth-order valence-corrected chi connectivity index (χ4v) is 2.19. The van der Waals surface area contributed by atoms with Gasteiger partial charge in [0.05, 0.1) is 4.47 Å². The highest BCUT2D eigenvalue weighted by Gasteiger charge is 2.13. The van der Waals surface area contributed by atoms with Gasteiger partial charge in [-0.1, -0.05) is 26.7 Å². The number of hydrogen-bond donors (Lipinski definition) is 2. The molecule has 16 heavy (non-hydrogen) atoms. The number of rotatable bonds is 6. The Hall–Kier alpha value is -0.610. The van der Waals surface area contributed by atoms with Crippen molar-refractivity contribution < 1.29 is 0 Å². The van der Waals surface area contributed by atoms with E-state index in [1.165, 1.54) is 0 Å². The lowest BCUT2D eigenvalue weighted by atomic mass is 9.95. The summed E-state index contributed by atoms with van der Waals surface area (Å²) < 4.78 is 0.978. The lowest BCUT2D eigenvalue weighted by Crippen LogP contribution is -2.36. The third-order valence-corrected chi connectivity index (χ3v) is 3.56. The second kappa shape index (κ2) is 6.86. The van der Waals surface area contributed by atoms with Gasteiger partial charge in [0.15, 0.2) is 0 Å². The molecule has 4 heteroatoms. The first-order chi connectivity index (χ1) is 7.69. The van der Waals surface area contributed by atoms with E-state index in [9.17, 15) is 0 Å². The highest BCUT2D eigenvalue weighted by Crippen LogP contribution is 2.19. The number of nitrogens with one attached hydrogen (secondary N) is 1. The predicted molar refractivity (Wildman–Crippen MR) is 72.5 cm³/mol. The van der Waals surface area contributed by atoms with E-state index in [1.54, 1.807) is 6.20 Å². The molecule has 1 aromatic heterocycles. The molecule has 1 heterocycles. The molecule has 0 saturated heterocycles. The van der Waals surface area contributed by atoms with Crippen LogP contribution in [0.2, 0.25) is 0 Å². The molecule has 3 nitrogen and oxygen atoms in total. The van der Waals surface area contributed by atoms with E-state index in [4.69, 9.17) is 5.73 Å². The molecule has 0 aliphatic carbocycles. The van der Waals surface area contributed by atoms with Crippen LogP contribution in [0.3, 0.4) is 0 Å². The third-order valence-electron chi connectivity index (χ3n) is 2.92. The van der Waals surface area contributed by atoms with Crippen LogP contribution >= 0.6 is 15.9 Å². The van der Waals surface area contributed by atoms with Crippen LogP contribution in [0.1, 0.15) is 26.7 Å². The second-order valence-corrected chi connectivity index (χ2v) is 4.81. The minimum Gasteiger partial charge on any atom is -0.368 e. The number of aromatic nitrogens is 1. The van der Waals surface area contributed by atoms with Crippen LogP contribution in [0.4, 0.5) is 5.82 Å². The first kappa shape index (κ1) is 13.5. The van der Waals surface area contributed by atoms with Gasteiger partial charge in [-0.25, -0.2) is 4.98 Å². The van der Waals surface area contributed by atoms with Gasteiger partial charge in [0.2, 0.25) is 0 Å². The third kappa shape index (κ3) is 3.76. The molecule has 1 unspecified atom stereocenters. The van der Waals surface area contributed by atoms with Gasteiger partial charge in [-0.05, 0) is 34.0 Å². The van der Waals surface area contributed by atoms with Crippen LogP contribution in [0.15, 0.2) is 22.8 Å². The molecular weight excluding hydrogens is 266 g/mol. The second-order valence-electron chi connectivity index (χ2n) is 3.96. The van der Waals surface area contributed by atoms with E-state index in [-0.39, 0.29) is 6.04 Å². The van der Waals surface area contributed by atoms with Crippen molar-refractivity contribution in [2.24, 2.45) is 11.7 Å². The number of halogens is 1. The van der Waals surface area contributed by atoms with Crippen LogP contribution in [0.25, 0.3) is 0 Å². The Labute approximate surface area is 106 Å². The quantitative estimate of drug-likeness (QED) is 0.845. The lowest BCUT2D eigenvalue weighted by Gasteiger charge is -2.21. The van der Waals surface area contributed by atoms with Gasteiger partial charge in [-0.3, -0.25) is 0 Å². The Morgan fingerprint density at radius 2 is 2.12 bits per heavy atom. The van der Waals surface area contributed by atoms with Crippen molar-refractivity contribution >= 4 is 21.7 Å². The maximum atomic E-state index is 6.13. The zero-order valence-electron chi connectivity index (χ0n) is 9.91. The Kier molecular flexibility index (Phi) is 5.77. The molecule has 0 aliphatic heterocycles. The van der Waals surface area contributed by atoms with Gasteiger partial charge >= 0.3 is 0 Å². The van der Waals surface area contributed by atoms with Crippen molar-refractivity contribution in [2.45, 2.75) is 32.7 Å². The van der Waals surface area contributed by atoms with E-state index in [0.29, 0.717) is 5.92 Å². The number of pyridine rings is 1. The highest BCUT2D eigenvalue weighted by molar-refractivity contribution is 9.10. The Morgan fingerprint density at radius 1 is 1.44 bits per heavy atom. The smallest absolute Gasteiger partial charge is 0.140 e. The molecule has 0 amide bonds. The average molecular weight is 286 g/mol. The normalized spacial score (nSPS) is 12.8. The number of nitrogens with two attached hydrogens (primary N) is 1. The maximum absolute atomic E-state index is 6.13. The summed E-state index contributed by atoms with van der Waals surface area (Å²) in [6, 6.07) is 4.05. The maximum Gasteiger partial charge on any atom is 0.140 e. The van der Waals surface area contributed by atoms with Gasteiger partial charge in [0.25, 0.3) is 0 Å². The SMILES string of the molecule is CCC(CC)C(N)CNc1ncccc1Br. The summed E-state index contributed by atoms with van der Waals surface area (Å²) in [5, 5.41) is 3.28. The van der Waals surface area contributed by atoms with E-state index in [2.05, 4.69) is 40.1 Å². The molecule has 0 radical (unpaired) electrons. The molecule has 1 aromatic rings. The van der Waals surface area contributed by atoms with Crippen molar-refractivity contribution in [3.05, 3.63) is 22.8 Å². The lowest BCUT2D eigenvalue weighted by molar-refractivity contribution is 0.407. The highest BCUT2D eigenvalue weighted by atomic mass is 79.9. The van der Waals surface area contributed by atoms with Gasteiger partial charge < -0.3 is 11.1 Å². The topological polar surface area (TPSA) is 50.9 Å². The van der Waals surface area contributed by atoms with E-state index in [0.717, 1.165) is 29.7 Å². The van der Waals surface area contributed by atoms with Crippen LogP contribution in [-0.4, -0.2) is 17.6 Å². The van der Waals surface area contributed by atoms with Crippen LogP contribution in [0, 0.1) is 5.92 Å². The predicted octanol–water partition coefficient (Wildman–Crippen LogP) is 3.02. The average Bonchev–Trinajstić information content (AvgIpc) is 2.29. The molecule has 0 aromatic carbocycles. The number of hydrogen-bond acceptors (Lipinski definition) is 3. The van der Waals surface area contributed by atoms with Crippen LogP contribution in [0.5, 0.6) is 0 Å². The van der Waals surface area contributed by atoms with Gasteiger partial charge in [0, 0.05) is 18.8 Å². The summed E-state index contributed by atoms with van der Waals surface area (Å²) in [5.41, 5.74) is 6.13. The standard InChI is InChI=1S/C12H20BrN3/c1-3-9(4-2)11(14)8-16-12-10(13)6-5-7-15-12/h5-7,9,11H,3-4,8,14H2,1-2H3,(H,15,16). The molecule has 1 rings (SSSR count). The van der Waals surface area contributed by atoms with Crippen molar-refractivity contribution in [2.75, 3.05) is 11.9 Å². The monoisotopic (exact) mass is 285 g/mol. The van der Waals surface area contributed by atoms with E-state index < -0.39 is 0 Å². The molecule has 1 atom stereocenters. The number of nitrogens with zero attached hydrogens (tertiary/aromatic N) is 1. The summed E-state index contributed by atoms with van der Waals surface area (Å²) in [6.07, 6.45) is 4.03. The molecule has 0 aliphatic rings. The van der Waals surface area contributed by atoms with Crippen molar-refractivity contribution in [3.63, 3.8) is 0 Å². The summed E-state index contributed by atoms with van der Waals surface area (Å²) in [6.45, 7) is 5.14. The number of anilines is 1. The van der Waals surface area contributed by atoms with E-state index >= 15 is 0 Å². The van der Waals surface area contributed by atoms with Crippen molar-refractivity contribution in [1.29, 1.82) is 0 Å². The van der Waals surface area contributed by atoms with Gasteiger partial charge in [-0.15, -0.1) is 0 Å². The van der Waals surface area contributed by atoms with Crippen LogP contribution < -0.4 is 11.1 Å². The molecular formula is C12H20BrN3. The van der Waals surface area contributed by atoms with E-state index in [1.807, 2.05) is 12.1 Å². The molecule has 0 fully saturated rings. The van der Waals surface area contributed by atoms with Gasteiger partial charge in [0.1, 0.15) is 5.82 Å². The Bertz CT molecular complexity index is 313. The summed E-state index contributed by atoms with van der Waals surface area (Å²) in [5.74, 6) is 1.44. The fourth-order valence-electron chi connectivity index (χ4n) is 1.79. The molecule has 90 valence electrons. The first-order valence-electron chi connectivity index (χ1n) is 5.79. The summed E-state index contributed by atoms with van der Waals surface area (Å²) >= 11 is 3.45. The molecule has 0 bridgehead atoms. The fraction of sp³-hybridized carbons (Fsp3) is 0.583. The Balaban J connectivity index is 2.48.